The number of fused-ring (bicyclic) bond motifs is 14. The Hall–Kier alpha value is -8.46. The molecule has 0 aliphatic heterocycles. The molecule has 2 nitrogen and oxygen atoms in total. The molecule has 0 unspecified atom stereocenters. The van der Waals surface area contributed by atoms with Gasteiger partial charge in [-0.15, -0.1) is 0 Å². The van der Waals surface area contributed by atoms with Crippen molar-refractivity contribution in [3.05, 3.63) is 242 Å². The van der Waals surface area contributed by atoms with E-state index in [0.29, 0.717) is 0 Å². The van der Waals surface area contributed by atoms with E-state index in [-0.39, 0.29) is 0 Å². The number of anilines is 6. The van der Waals surface area contributed by atoms with Crippen LogP contribution in [0.1, 0.15) is 11.1 Å². The van der Waals surface area contributed by atoms with Gasteiger partial charge in [-0.05, 0) is 185 Å². The summed E-state index contributed by atoms with van der Waals surface area (Å²) in [6.45, 7) is 4.31. The molecule has 0 fully saturated rings. The third-order valence-electron chi connectivity index (χ3n) is 13.8. The summed E-state index contributed by atoms with van der Waals surface area (Å²) in [6, 6.07) is 85.6. The summed E-state index contributed by atoms with van der Waals surface area (Å²) in [5, 5.41) is 20.0. The van der Waals surface area contributed by atoms with Crippen LogP contribution in [0.25, 0.3) is 86.2 Å². The molecular weight excluding hydrogens is 797 g/mol. The summed E-state index contributed by atoms with van der Waals surface area (Å²) in [6.07, 6.45) is 0. The molecule has 0 saturated carbocycles. The number of hydrogen-bond acceptors (Lipinski definition) is 2. The van der Waals surface area contributed by atoms with Gasteiger partial charge in [-0.2, -0.15) is 0 Å². The van der Waals surface area contributed by atoms with Crippen LogP contribution in [-0.2, 0) is 0 Å². The van der Waals surface area contributed by atoms with Gasteiger partial charge in [-0.3, -0.25) is 0 Å². The average Bonchev–Trinajstić information content (AvgIpc) is 3.37. The number of nitrogens with zero attached hydrogens (tertiary/aromatic N) is 2. The second kappa shape index (κ2) is 15.1. The highest BCUT2D eigenvalue weighted by molar-refractivity contribution is 6.33. The lowest BCUT2D eigenvalue weighted by atomic mass is 9.88. The normalized spacial score (nSPS) is 11.8. The summed E-state index contributed by atoms with van der Waals surface area (Å²) in [5.74, 6) is 0. The SMILES string of the molecule is Cc1ccc2cc(N(c3ccccc3)c3ccc4c(c3)c3ccccc3c3cc5c6ccc(N(c7ccccc7)c7ccc8cc(C)ccc8c7)cc6c6ccccc6c5cc43)ccc2c1. The van der Waals surface area contributed by atoms with E-state index in [1.165, 1.54) is 97.3 Å². The van der Waals surface area contributed by atoms with Crippen molar-refractivity contribution in [3.63, 3.8) is 0 Å². The molecule has 0 aromatic heterocycles. The summed E-state index contributed by atoms with van der Waals surface area (Å²) in [4.78, 5) is 4.79. The van der Waals surface area contributed by atoms with Crippen LogP contribution in [0.2, 0.25) is 0 Å². The molecule has 0 N–H and O–H groups in total. The van der Waals surface area contributed by atoms with Crippen LogP contribution in [0, 0.1) is 13.8 Å². The molecule has 13 aromatic carbocycles. The Kier molecular flexibility index (Phi) is 8.69. The standard InChI is InChI=1S/C64H44N2/c1-41-21-23-45-35-49(27-25-43(45)33-41)65(47-13-5-3-6-14-47)51-29-31-57-59(37-51)53-17-9-11-19-55(53)61-40-64-58-32-30-52(38-60(58)54-18-10-12-20-56(54)62(64)39-63(57)61)66(48-15-7-4-8-16-48)50-28-26-44-34-42(2)22-24-46(44)36-50/h3-40H,1-2H3. The van der Waals surface area contributed by atoms with Gasteiger partial charge in [-0.1, -0.05) is 157 Å². The predicted molar refractivity (Wildman–Crippen MR) is 285 cm³/mol. The molecule has 0 saturated heterocycles. The van der Waals surface area contributed by atoms with Crippen LogP contribution in [0.5, 0.6) is 0 Å². The van der Waals surface area contributed by atoms with Gasteiger partial charge in [-0.25, -0.2) is 0 Å². The maximum Gasteiger partial charge on any atom is 0.0468 e. The minimum Gasteiger partial charge on any atom is -0.310 e. The van der Waals surface area contributed by atoms with E-state index in [4.69, 9.17) is 0 Å². The first kappa shape index (κ1) is 38.0. The average molecular weight is 841 g/mol. The van der Waals surface area contributed by atoms with Gasteiger partial charge in [0.2, 0.25) is 0 Å². The van der Waals surface area contributed by atoms with Crippen molar-refractivity contribution >= 4 is 120 Å². The monoisotopic (exact) mass is 840 g/mol. The van der Waals surface area contributed by atoms with E-state index >= 15 is 0 Å². The van der Waals surface area contributed by atoms with Gasteiger partial charge >= 0.3 is 0 Å². The predicted octanol–water partition coefficient (Wildman–Crippen LogP) is 18.5. The number of rotatable bonds is 6. The van der Waals surface area contributed by atoms with E-state index in [9.17, 15) is 0 Å². The summed E-state index contributed by atoms with van der Waals surface area (Å²) < 4.78 is 0. The fourth-order valence-corrected chi connectivity index (χ4v) is 10.7. The third-order valence-corrected chi connectivity index (χ3v) is 13.8. The van der Waals surface area contributed by atoms with Gasteiger partial charge < -0.3 is 9.80 Å². The van der Waals surface area contributed by atoms with Gasteiger partial charge in [0.15, 0.2) is 0 Å². The van der Waals surface area contributed by atoms with Crippen molar-refractivity contribution in [2.75, 3.05) is 9.80 Å². The molecule has 0 amide bonds. The summed E-state index contributed by atoms with van der Waals surface area (Å²) >= 11 is 0. The first-order chi connectivity index (χ1) is 32.5. The van der Waals surface area contributed by atoms with Crippen molar-refractivity contribution in [1.82, 2.24) is 0 Å². The Morgan fingerprint density at radius 3 is 0.879 bits per heavy atom. The van der Waals surface area contributed by atoms with Crippen molar-refractivity contribution < 1.29 is 0 Å². The lowest BCUT2D eigenvalue weighted by Gasteiger charge is -2.27. The van der Waals surface area contributed by atoms with E-state index < -0.39 is 0 Å². The van der Waals surface area contributed by atoms with Crippen molar-refractivity contribution in [2.45, 2.75) is 13.8 Å². The van der Waals surface area contributed by atoms with E-state index in [1.807, 2.05) is 0 Å². The molecule has 13 aromatic rings. The van der Waals surface area contributed by atoms with Gasteiger partial charge in [0.05, 0.1) is 0 Å². The zero-order valence-corrected chi connectivity index (χ0v) is 36.8. The van der Waals surface area contributed by atoms with E-state index in [1.54, 1.807) is 0 Å². The second-order valence-electron chi connectivity index (χ2n) is 17.9. The van der Waals surface area contributed by atoms with Gasteiger partial charge in [0, 0.05) is 34.1 Å². The van der Waals surface area contributed by atoms with Crippen molar-refractivity contribution in [1.29, 1.82) is 0 Å². The molecule has 0 atom stereocenters. The third kappa shape index (κ3) is 6.18. The van der Waals surface area contributed by atoms with Crippen LogP contribution in [0.3, 0.4) is 0 Å². The highest BCUT2D eigenvalue weighted by Gasteiger charge is 2.20. The van der Waals surface area contributed by atoms with Crippen molar-refractivity contribution in [3.8, 4) is 0 Å². The molecule has 2 heteroatoms. The largest absolute Gasteiger partial charge is 0.310 e. The van der Waals surface area contributed by atoms with Crippen LogP contribution >= 0.6 is 0 Å². The molecule has 0 aliphatic rings. The number of para-hydroxylation sites is 2. The molecule has 66 heavy (non-hydrogen) atoms. The molecule has 0 aliphatic carbocycles. The highest BCUT2D eigenvalue weighted by Crippen LogP contribution is 2.46. The Morgan fingerprint density at radius 2 is 0.485 bits per heavy atom. The van der Waals surface area contributed by atoms with Crippen LogP contribution in [0.15, 0.2) is 231 Å². The second-order valence-corrected chi connectivity index (χ2v) is 17.9. The Balaban J connectivity index is 1.03. The molecule has 0 bridgehead atoms. The van der Waals surface area contributed by atoms with Crippen LogP contribution < -0.4 is 9.80 Å². The Bertz CT molecular complexity index is 3810. The molecular formula is C64H44N2. The first-order valence-corrected chi connectivity index (χ1v) is 22.9. The first-order valence-electron chi connectivity index (χ1n) is 22.9. The quantitative estimate of drug-likeness (QED) is 0.122. The van der Waals surface area contributed by atoms with Crippen LogP contribution in [-0.4, -0.2) is 0 Å². The minimum absolute atomic E-state index is 1.13. The van der Waals surface area contributed by atoms with Gasteiger partial charge in [0.25, 0.3) is 0 Å². The topological polar surface area (TPSA) is 6.48 Å². The number of benzene rings is 13. The fourth-order valence-electron chi connectivity index (χ4n) is 10.7. The molecule has 0 radical (unpaired) electrons. The number of aryl methyl sites for hydroxylation is 2. The zero-order valence-electron chi connectivity index (χ0n) is 36.8. The highest BCUT2D eigenvalue weighted by atomic mass is 15.1. The smallest absolute Gasteiger partial charge is 0.0468 e. The maximum absolute atomic E-state index is 2.47. The van der Waals surface area contributed by atoms with Crippen molar-refractivity contribution in [2.24, 2.45) is 0 Å². The summed E-state index contributed by atoms with van der Waals surface area (Å²) in [5.41, 5.74) is 9.31. The van der Waals surface area contributed by atoms with Gasteiger partial charge in [0.1, 0.15) is 0 Å². The zero-order chi connectivity index (χ0) is 43.9. The van der Waals surface area contributed by atoms with E-state index in [0.717, 1.165) is 34.1 Å². The number of hydrogen-bond donors (Lipinski definition) is 0. The lowest BCUT2D eigenvalue weighted by molar-refractivity contribution is 1.29. The molecule has 310 valence electrons. The lowest BCUT2D eigenvalue weighted by Crippen LogP contribution is -2.09. The minimum atomic E-state index is 1.13. The molecule has 0 heterocycles. The Labute approximate surface area is 383 Å². The maximum atomic E-state index is 2.47. The van der Waals surface area contributed by atoms with E-state index in [2.05, 4.69) is 254 Å². The summed E-state index contributed by atoms with van der Waals surface area (Å²) in [7, 11) is 0. The fraction of sp³-hybridized carbons (Fsp3) is 0.0312. The molecule has 13 rings (SSSR count). The molecule has 0 spiro atoms. The van der Waals surface area contributed by atoms with Crippen LogP contribution in [0.4, 0.5) is 34.1 Å². The Morgan fingerprint density at radius 1 is 0.197 bits per heavy atom.